The Bertz CT molecular complexity index is 173. The fourth-order valence-corrected chi connectivity index (χ4v) is 1.44. The number of allylic oxidation sites excluding steroid dienone is 2. The lowest BCUT2D eigenvalue weighted by Gasteiger charge is -2.08. The SMILES string of the molecule is CC=CCCCCC(C)CCC(=O)O. The van der Waals surface area contributed by atoms with E-state index in [4.69, 9.17) is 5.11 Å². The average Bonchev–Trinajstić information content (AvgIpc) is 2.14. The molecule has 1 atom stereocenters. The first-order valence-electron chi connectivity index (χ1n) is 5.49. The van der Waals surface area contributed by atoms with E-state index < -0.39 is 5.97 Å². The molecule has 0 spiro atoms. The summed E-state index contributed by atoms with van der Waals surface area (Å²) in [6, 6.07) is 0. The van der Waals surface area contributed by atoms with E-state index in [-0.39, 0.29) is 0 Å². The molecule has 0 fully saturated rings. The van der Waals surface area contributed by atoms with Crippen molar-refractivity contribution in [2.45, 2.75) is 52.4 Å². The molecule has 82 valence electrons. The minimum Gasteiger partial charge on any atom is -0.481 e. The summed E-state index contributed by atoms with van der Waals surface area (Å²) in [7, 11) is 0. The van der Waals surface area contributed by atoms with E-state index in [1.54, 1.807) is 0 Å². The molecular formula is C12H22O2. The molecule has 0 heterocycles. The first-order chi connectivity index (χ1) is 6.66. The molecule has 0 radical (unpaired) electrons. The fraction of sp³-hybridized carbons (Fsp3) is 0.750. The van der Waals surface area contributed by atoms with E-state index in [0.717, 1.165) is 19.3 Å². The first kappa shape index (κ1) is 13.2. The number of hydrogen-bond acceptors (Lipinski definition) is 1. The maximum Gasteiger partial charge on any atom is 0.303 e. The monoisotopic (exact) mass is 198 g/mol. The number of carboxylic acids is 1. The van der Waals surface area contributed by atoms with Crippen LogP contribution in [0.3, 0.4) is 0 Å². The summed E-state index contributed by atoms with van der Waals surface area (Å²) in [6.07, 6.45) is 10.1. The van der Waals surface area contributed by atoms with Crippen LogP contribution in [0.15, 0.2) is 12.2 Å². The van der Waals surface area contributed by atoms with Gasteiger partial charge in [-0.3, -0.25) is 4.79 Å². The second kappa shape index (κ2) is 8.79. The highest BCUT2D eigenvalue weighted by molar-refractivity contribution is 5.66. The van der Waals surface area contributed by atoms with Gasteiger partial charge < -0.3 is 5.11 Å². The molecule has 0 amide bonds. The third kappa shape index (κ3) is 9.30. The molecule has 0 bridgehead atoms. The van der Waals surface area contributed by atoms with Crippen molar-refractivity contribution in [2.75, 3.05) is 0 Å². The van der Waals surface area contributed by atoms with Crippen molar-refractivity contribution in [2.24, 2.45) is 5.92 Å². The van der Waals surface area contributed by atoms with Gasteiger partial charge in [0, 0.05) is 6.42 Å². The Balaban J connectivity index is 3.26. The Hall–Kier alpha value is -0.790. The topological polar surface area (TPSA) is 37.3 Å². The van der Waals surface area contributed by atoms with Crippen molar-refractivity contribution in [3.63, 3.8) is 0 Å². The number of hydrogen-bond donors (Lipinski definition) is 1. The van der Waals surface area contributed by atoms with Gasteiger partial charge in [0.1, 0.15) is 0 Å². The fourth-order valence-electron chi connectivity index (χ4n) is 1.44. The van der Waals surface area contributed by atoms with Crippen LogP contribution >= 0.6 is 0 Å². The second-order valence-electron chi connectivity index (χ2n) is 3.89. The van der Waals surface area contributed by atoms with Crippen molar-refractivity contribution in [3.8, 4) is 0 Å². The quantitative estimate of drug-likeness (QED) is 0.477. The van der Waals surface area contributed by atoms with E-state index in [1.165, 1.54) is 12.8 Å². The zero-order chi connectivity index (χ0) is 10.8. The van der Waals surface area contributed by atoms with Gasteiger partial charge in [0.15, 0.2) is 0 Å². The van der Waals surface area contributed by atoms with Gasteiger partial charge in [-0.05, 0) is 32.1 Å². The summed E-state index contributed by atoms with van der Waals surface area (Å²) in [6.45, 7) is 4.17. The highest BCUT2D eigenvalue weighted by Gasteiger charge is 2.04. The lowest BCUT2D eigenvalue weighted by molar-refractivity contribution is -0.137. The molecular weight excluding hydrogens is 176 g/mol. The molecule has 0 aliphatic carbocycles. The van der Waals surface area contributed by atoms with Gasteiger partial charge in [-0.15, -0.1) is 0 Å². The molecule has 0 aromatic rings. The van der Waals surface area contributed by atoms with Gasteiger partial charge in [0.2, 0.25) is 0 Å². The van der Waals surface area contributed by atoms with Crippen molar-refractivity contribution < 1.29 is 9.90 Å². The Labute approximate surface area is 87.0 Å². The van der Waals surface area contributed by atoms with Crippen LogP contribution < -0.4 is 0 Å². The van der Waals surface area contributed by atoms with Crippen molar-refractivity contribution in [1.82, 2.24) is 0 Å². The predicted octanol–water partition coefficient (Wildman–Crippen LogP) is 3.62. The standard InChI is InChI=1S/C12H22O2/c1-3-4-5-6-7-8-11(2)9-10-12(13)14/h3-4,11H,5-10H2,1-2H3,(H,13,14). The zero-order valence-corrected chi connectivity index (χ0v) is 9.33. The summed E-state index contributed by atoms with van der Waals surface area (Å²) < 4.78 is 0. The summed E-state index contributed by atoms with van der Waals surface area (Å²) >= 11 is 0. The maximum absolute atomic E-state index is 10.3. The van der Waals surface area contributed by atoms with Gasteiger partial charge in [0.25, 0.3) is 0 Å². The average molecular weight is 198 g/mol. The summed E-state index contributed by atoms with van der Waals surface area (Å²) in [5, 5.41) is 8.49. The van der Waals surface area contributed by atoms with Crippen LogP contribution in [0.1, 0.15) is 52.4 Å². The number of unbranched alkanes of at least 4 members (excludes halogenated alkanes) is 2. The number of rotatable bonds is 8. The molecule has 0 saturated carbocycles. The van der Waals surface area contributed by atoms with Crippen LogP contribution in [0, 0.1) is 5.92 Å². The molecule has 1 unspecified atom stereocenters. The third-order valence-corrected chi connectivity index (χ3v) is 2.40. The van der Waals surface area contributed by atoms with Gasteiger partial charge in [0.05, 0.1) is 0 Å². The molecule has 2 nitrogen and oxygen atoms in total. The highest BCUT2D eigenvalue weighted by Crippen LogP contribution is 2.14. The van der Waals surface area contributed by atoms with Crippen molar-refractivity contribution in [1.29, 1.82) is 0 Å². The van der Waals surface area contributed by atoms with Crippen LogP contribution in [0.4, 0.5) is 0 Å². The molecule has 14 heavy (non-hydrogen) atoms. The minimum absolute atomic E-state index is 0.316. The summed E-state index contributed by atoms with van der Waals surface area (Å²) in [5.41, 5.74) is 0. The van der Waals surface area contributed by atoms with E-state index >= 15 is 0 Å². The van der Waals surface area contributed by atoms with Crippen LogP contribution in [0.2, 0.25) is 0 Å². The van der Waals surface area contributed by atoms with E-state index in [9.17, 15) is 4.79 Å². The van der Waals surface area contributed by atoms with Gasteiger partial charge in [-0.2, -0.15) is 0 Å². The molecule has 0 aliphatic rings. The second-order valence-corrected chi connectivity index (χ2v) is 3.89. The molecule has 2 heteroatoms. The molecule has 1 N–H and O–H groups in total. The third-order valence-electron chi connectivity index (χ3n) is 2.40. The van der Waals surface area contributed by atoms with E-state index in [2.05, 4.69) is 19.1 Å². The molecule has 0 aromatic heterocycles. The van der Waals surface area contributed by atoms with Crippen LogP contribution in [0.25, 0.3) is 0 Å². The number of carboxylic acid groups (broad SMARTS) is 1. The Morgan fingerprint density at radius 1 is 1.36 bits per heavy atom. The lowest BCUT2D eigenvalue weighted by Crippen LogP contribution is -2.00. The van der Waals surface area contributed by atoms with Gasteiger partial charge in [-0.1, -0.05) is 31.9 Å². The van der Waals surface area contributed by atoms with Crippen molar-refractivity contribution in [3.05, 3.63) is 12.2 Å². The summed E-state index contributed by atoms with van der Waals surface area (Å²) in [4.78, 5) is 10.3. The Morgan fingerprint density at radius 3 is 2.64 bits per heavy atom. The predicted molar refractivity (Wildman–Crippen MR) is 59.3 cm³/mol. The minimum atomic E-state index is -0.675. The number of aliphatic carboxylic acids is 1. The Morgan fingerprint density at radius 2 is 2.07 bits per heavy atom. The molecule has 0 aromatic carbocycles. The largest absolute Gasteiger partial charge is 0.481 e. The highest BCUT2D eigenvalue weighted by atomic mass is 16.4. The smallest absolute Gasteiger partial charge is 0.303 e. The maximum atomic E-state index is 10.3. The zero-order valence-electron chi connectivity index (χ0n) is 9.33. The van der Waals surface area contributed by atoms with Crippen LogP contribution in [0.5, 0.6) is 0 Å². The van der Waals surface area contributed by atoms with Crippen LogP contribution in [-0.4, -0.2) is 11.1 Å². The first-order valence-corrected chi connectivity index (χ1v) is 5.49. The molecule has 0 aliphatic heterocycles. The van der Waals surface area contributed by atoms with Crippen LogP contribution in [-0.2, 0) is 4.79 Å². The van der Waals surface area contributed by atoms with Gasteiger partial charge >= 0.3 is 5.97 Å². The van der Waals surface area contributed by atoms with E-state index in [1.807, 2.05) is 6.92 Å². The normalized spacial score (nSPS) is 13.3. The Kier molecular flexibility index (Phi) is 8.30. The van der Waals surface area contributed by atoms with Crippen molar-refractivity contribution >= 4 is 5.97 Å². The number of carbonyl (C=O) groups is 1. The lowest BCUT2D eigenvalue weighted by atomic mass is 9.98. The van der Waals surface area contributed by atoms with E-state index in [0.29, 0.717) is 12.3 Å². The summed E-state index contributed by atoms with van der Waals surface area (Å²) in [5.74, 6) is -0.123. The molecule has 0 rings (SSSR count). The van der Waals surface area contributed by atoms with Gasteiger partial charge in [-0.25, -0.2) is 0 Å². The molecule has 0 saturated heterocycles.